The molecule has 26 heavy (non-hydrogen) atoms. The van der Waals surface area contributed by atoms with E-state index < -0.39 is 5.79 Å². The highest BCUT2D eigenvalue weighted by atomic mass is 16.7. The highest BCUT2D eigenvalue weighted by Gasteiger charge is 2.32. The summed E-state index contributed by atoms with van der Waals surface area (Å²) in [5.74, 6) is 0.0931. The van der Waals surface area contributed by atoms with E-state index in [9.17, 15) is 5.11 Å². The number of rotatable bonds is 13. The van der Waals surface area contributed by atoms with E-state index >= 15 is 0 Å². The Kier molecular flexibility index (Phi) is 11.8. The van der Waals surface area contributed by atoms with Gasteiger partial charge in [0.2, 0.25) is 0 Å². The van der Waals surface area contributed by atoms with Gasteiger partial charge in [-0.25, -0.2) is 0 Å². The van der Waals surface area contributed by atoms with Gasteiger partial charge < -0.3 is 14.6 Å². The zero-order chi connectivity index (χ0) is 19.3. The van der Waals surface area contributed by atoms with Crippen LogP contribution in [0, 0.1) is 5.92 Å². The van der Waals surface area contributed by atoms with E-state index in [1.807, 2.05) is 24.3 Å². The molecule has 0 aromatic heterocycles. The SMILES string of the molecule is CCCCCC1(/C=C/C=C/C(O)CCC(C)CCC=C(C)C)OCCO1. The zero-order valence-corrected chi connectivity index (χ0v) is 17.4. The van der Waals surface area contributed by atoms with Crippen LogP contribution < -0.4 is 0 Å². The van der Waals surface area contributed by atoms with Crippen LogP contribution in [-0.4, -0.2) is 30.2 Å². The van der Waals surface area contributed by atoms with E-state index in [2.05, 4.69) is 33.8 Å². The van der Waals surface area contributed by atoms with Crippen LogP contribution in [0.4, 0.5) is 0 Å². The molecule has 1 aliphatic rings. The number of allylic oxidation sites excluding steroid dienone is 4. The first-order valence-corrected chi connectivity index (χ1v) is 10.4. The van der Waals surface area contributed by atoms with Gasteiger partial charge in [-0.1, -0.05) is 56.6 Å². The average molecular weight is 365 g/mol. The van der Waals surface area contributed by atoms with E-state index in [0.29, 0.717) is 19.1 Å². The highest BCUT2D eigenvalue weighted by molar-refractivity contribution is 5.10. The molecule has 0 aromatic rings. The van der Waals surface area contributed by atoms with E-state index in [-0.39, 0.29) is 6.10 Å². The zero-order valence-electron chi connectivity index (χ0n) is 17.4. The van der Waals surface area contributed by atoms with Gasteiger partial charge in [0.05, 0.1) is 19.3 Å². The Morgan fingerprint density at radius 2 is 1.81 bits per heavy atom. The molecule has 0 aliphatic carbocycles. The Morgan fingerprint density at radius 3 is 2.46 bits per heavy atom. The van der Waals surface area contributed by atoms with Gasteiger partial charge in [-0.05, 0) is 57.9 Å². The molecule has 0 amide bonds. The van der Waals surface area contributed by atoms with Gasteiger partial charge in [-0.2, -0.15) is 0 Å². The molecule has 1 aliphatic heterocycles. The number of aliphatic hydroxyl groups excluding tert-OH is 1. The molecule has 0 bridgehead atoms. The van der Waals surface area contributed by atoms with Crippen molar-refractivity contribution in [3.63, 3.8) is 0 Å². The summed E-state index contributed by atoms with van der Waals surface area (Å²) in [7, 11) is 0. The third-order valence-corrected chi connectivity index (χ3v) is 4.87. The van der Waals surface area contributed by atoms with Crippen LogP contribution in [0.5, 0.6) is 0 Å². The first kappa shape index (κ1) is 23.1. The van der Waals surface area contributed by atoms with Gasteiger partial charge >= 0.3 is 0 Å². The van der Waals surface area contributed by atoms with Crippen LogP contribution in [0.15, 0.2) is 36.0 Å². The fourth-order valence-corrected chi connectivity index (χ4v) is 3.16. The second-order valence-corrected chi connectivity index (χ2v) is 7.82. The minimum Gasteiger partial charge on any atom is -0.389 e. The van der Waals surface area contributed by atoms with Gasteiger partial charge in [0.1, 0.15) is 0 Å². The monoisotopic (exact) mass is 364 g/mol. The first-order valence-electron chi connectivity index (χ1n) is 10.4. The third kappa shape index (κ3) is 10.3. The molecule has 2 unspecified atom stereocenters. The van der Waals surface area contributed by atoms with Gasteiger partial charge in [0.25, 0.3) is 0 Å². The molecule has 0 saturated carbocycles. The van der Waals surface area contributed by atoms with Crippen molar-refractivity contribution >= 4 is 0 Å². The van der Waals surface area contributed by atoms with Gasteiger partial charge in [0.15, 0.2) is 5.79 Å². The molecule has 1 rings (SSSR count). The largest absolute Gasteiger partial charge is 0.389 e. The first-order chi connectivity index (χ1) is 12.5. The lowest BCUT2D eigenvalue weighted by atomic mass is 9.97. The lowest BCUT2D eigenvalue weighted by Crippen LogP contribution is -2.27. The number of aliphatic hydroxyl groups is 1. The summed E-state index contributed by atoms with van der Waals surface area (Å²) in [4.78, 5) is 0. The second-order valence-electron chi connectivity index (χ2n) is 7.82. The van der Waals surface area contributed by atoms with Crippen LogP contribution in [-0.2, 0) is 9.47 Å². The maximum atomic E-state index is 10.1. The fraction of sp³-hybridized carbons (Fsp3) is 0.739. The summed E-state index contributed by atoms with van der Waals surface area (Å²) in [5.41, 5.74) is 1.38. The van der Waals surface area contributed by atoms with Crippen molar-refractivity contribution in [1.82, 2.24) is 0 Å². The van der Waals surface area contributed by atoms with Crippen LogP contribution in [0.2, 0.25) is 0 Å². The molecule has 0 radical (unpaired) electrons. The summed E-state index contributed by atoms with van der Waals surface area (Å²) < 4.78 is 11.6. The molecule has 0 aromatic carbocycles. The van der Waals surface area contributed by atoms with Crippen molar-refractivity contribution in [2.24, 2.45) is 5.92 Å². The Morgan fingerprint density at radius 1 is 1.08 bits per heavy atom. The summed E-state index contributed by atoms with van der Waals surface area (Å²) in [6.45, 7) is 10.1. The van der Waals surface area contributed by atoms with Crippen molar-refractivity contribution in [3.8, 4) is 0 Å². The highest BCUT2D eigenvalue weighted by Crippen LogP contribution is 2.27. The number of ether oxygens (including phenoxy) is 2. The number of unbranched alkanes of at least 4 members (excludes halogenated alkanes) is 2. The molecule has 1 heterocycles. The minimum atomic E-state index is -0.552. The Bertz CT molecular complexity index is 440. The summed E-state index contributed by atoms with van der Waals surface area (Å²) in [6.07, 6.45) is 18.3. The lowest BCUT2D eigenvalue weighted by molar-refractivity contribution is -0.122. The van der Waals surface area contributed by atoms with Crippen LogP contribution >= 0.6 is 0 Å². The summed E-state index contributed by atoms with van der Waals surface area (Å²) in [6, 6.07) is 0. The molecular formula is C23H40O3. The van der Waals surface area contributed by atoms with E-state index in [0.717, 1.165) is 32.1 Å². The van der Waals surface area contributed by atoms with Gasteiger partial charge in [0, 0.05) is 6.42 Å². The predicted molar refractivity (Wildman–Crippen MR) is 110 cm³/mol. The molecular weight excluding hydrogens is 324 g/mol. The van der Waals surface area contributed by atoms with Gasteiger partial charge in [-0.15, -0.1) is 0 Å². The van der Waals surface area contributed by atoms with Crippen molar-refractivity contribution in [2.75, 3.05) is 13.2 Å². The van der Waals surface area contributed by atoms with Crippen molar-refractivity contribution in [3.05, 3.63) is 36.0 Å². The lowest BCUT2D eigenvalue weighted by Gasteiger charge is -2.23. The maximum absolute atomic E-state index is 10.1. The smallest absolute Gasteiger partial charge is 0.188 e. The molecule has 1 N–H and O–H groups in total. The van der Waals surface area contributed by atoms with Crippen molar-refractivity contribution < 1.29 is 14.6 Å². The van der Waals surface area contributed by atoms with E-state index in [4.69, 9.17) is 9.47 Å². The predicted octanol–water partition coefficient (Wildman–Crippen LogP) is 5.95. The molecule has 2 atom stereocenters. The average Bonchev–Trinajstić information content (AvgIpc) is 3.06. The Labute approximate surface area is 161 Å². The fourth-order valence-electron chi connectivity index (χ4n) is 3.16. The minimum absolute atomic E-state index is 0.382. The van der Waals surface area contributed by atoms with E-state index in [1.165, 1.54) is 24.8 Å². The topological polar surface area (TPSA) is 38.7 Å². The van der Waals surface area contributed by atoms with Crippen LogP contribution in [0.25, 0.3) is 0 Å². The number of hydrogen-bond acceptors (Lipinski definition) is 3. The van der Waals surface area contributed by atoms with E-state index in [1.54, 1.807) is 0 Å². The summed E-state index contributed by atoms with van der Waals surface area (Å²) in [5, 5.41) is 10.1. The molecule has 0 spiro atoms. The molecule has 3 nitrogen and oxygen atoms in total. The van der Waals surface area contributed by atoms with Crippen LogP contribution in [0.1, 0.15) is 79.1 Å². The second kappa shape index (κ2) is 13.3. The molecule has 150 valence electrons. The third-order valence-electron chi connectivity index (χ3n) is 4.87. The molecule has 1 fully saturated rings. The summed E-state index contributed by atoms with van der Waals surface area (Å²) >= 11 is 0. The quantitative estimate of drug-likeness (QED) is 0.249. The molecule has 1 saturated heterocycles. The Balaban J connectivity index is 2.31. The van der Waals surface area contributed by atoms with Crippen LogP contribution in [0.3, 0.4) is 0 Å². The van der Waals surface area contributed by atoms with Gasteiger partial charge in [-0.3, -0.25) is 0 Å². The Hall–Kier alpha value is -0.900. The normalized spacial score (nSPS) is 19.3. The van der Waals surface area contributed by atoms with Crippen molar-refractivity contribution in [2.45, 2.75) is 91.0 Å². The number of hydrogen-bond donors (Lipinski definition) is 1. The maximum Gasteiger partial charge on any atom is 0.188 e. The standard InChI is InChI=1S/C23H40O3/c1-5-6-8-16-23(25-18-19-26-23)17-9-7-13-22(24)15-14-21(4)12-10-11-20(2)3/h7,9,11,13,17,21-22,24H,5-6,8,10,12,14-16,18-19H2,1-4H3/b13-7+,17-9+. The van der Waals surface area contributed by atoms with Crippen molar-refractivity contribution in [1.29, 1.82) is 0 Å². The molecule has 3 heteroatoms.